The van der Waals surface area contributed by atoms with E-state index >= 15 is 0 Å². The minimum absolute atomic E-state index is 0.114. The van der Waals surface area contributed by atoms with Gasteiger partial charge in [0, 0.05) is 10.8 Å². The second-order valence-electron chi connectivity index (χ2n) is 8.33. The van der Waals surface area contributed by atoms with Crippen LogP contribution in [0.25, 0.3) is 10.9 Å². The van der Waals surface area contributed by atoms with Crippen molar-refractivity contribution in [1.82, 2.24) is 10.3 Å². The first-order chi connectivity index (χ1) is 13.3. The van der Waals surface area contributed by atoms with Crippen molar-refractivity contribution in [1.29, 1.82) is 0 Å². The van der Waals surface area contributed by atoms with Crippen LogP contribution in [-0.2, 0) is 15.3 Å². The number of carbonyl (C=O) groups excluding carboxylic acids is 1. The van der Waals surface area contributed by atoms with Crippen molar-refractivity contribution >= 4 is 32.3 Å². The van der Waals surface area contributed by atoms with Gasteiger partial charge in [0.15, 0.2) is 9.84 Å². The van der Waals surface area contributed by atoms with E-state index in [1.807, 2.05) is 18.2 Å². The van der Waals surface area contributed by atoms with Gasteiger partial charge in [0.1, 0.15) is 5.56 Å². The Hall–Kier alpha value is -2.61. The Balaban J connectivity index is 1.49. The number of benzene rings is 1. The molecule has 3 saturated carbocycles. The number of fused-ring (bicyclic) bond motifs is 2. The first-order valence-electron chi connectivity index (χ1n) is 9.44. The highest BCUT2D eigenvalue weighted by Gasteiger charge is 2.51. The Labute approximate surface area is 161 Å². The normalized spacial score (nSPS) is 29.7. The molecule has 8 heteroatoms. The standard InChI is InChI=1S/C20H21N3O4S/c21-17-14-2-1-12(20-5-3-11(8-20)9-20)7-15(14)23-19(25)16(17)18(24)22-13-4-6-28(26,27)10-13/h1-2,4,6-7,11,13H,3,5,8-10H2,(H,22,24)(H3,21,23,25)/t11?,13-,20?/m1/s1. The van der Waals surface area contributed by atoms with Gasteiger partial charge in [-0.05, 0) is 54.7 Å². The average molecular weight is 399 g/mol. The summed E-state index contributed by atoms with van der Waals surface area (Å²) in [6.45, 7) is 0. The largest absolute Gasteiger partial charge is 0.397 e. The van der Waals surface area contributed by atoms with Gasteiger partial charge in [0.25, 0.3) is 11.5 Å². The maximum Gasteiger partial charge on any atom is 0.263 e. The van der Waals surface area contributed by atoms with E-state index in [1.165, 1.54) is 37.3 Å². The number of aromatic nitrogens is 1. The first-order valence-corrected chi connectivity index (χ1v) is 11.2. The molecule has 1 amide bonds. The summed E-state index contributed by atoms with van der Waals surface area (Å²) in [6.07, 6.45) is 6.26. The Kier molecular flexibility index (Phi) is 3.56. The monoisotopic (exact) mass is 399 g/mol. The van der Waals surface area contributed by atoms with Gasteiger partial charge in [-0.3, -0.25) is 9.59 Å². The molecule has 4 aliphatic rings. The van der Waals surface area contributed by atoms with E-state index in [-0.39, 0.29) is 22.4 Å². The number of nitrogen functional groups attached to an aromatic ring is 1. The number of nitrogens with one attached hydrogen (secondary N) is 2. The van der Waals surface area contributed by atoms with E-state index in [9.17, 15) is 18.0 Å². The summed E-state index contributed by atoms with van der Waals surface area (Å²) in [4.78, 5) is 28.0. The van der Waals surface area contributed by atoms with Gasteiger partial charge in [-0.1, -0.05) is 12.1 Å². The summed E-state index contributed by atoms with van der Waals surface area (Å²) < 4.78 is 23.0. The van der Waals surface area contributed by atoms with Crippen LogP contribution in [0.4, 0.5) is 5.69 Å². The number of hydrogen-bond donors (Lipinski definition) is 3. The van der Waals surface area contributed by atoms with E-state index in [4.69, 9.17) is 5.73 Å². The zero-order chi connectivity index (χ0) is 19.7. The molecule has 1 atom stereocenters. The van der Waals surface area contributed by atoms with Gasteiger partial charge in [-0.2, -0.15) is 0 Å². The van der Waals surface area contributed by atoms with Crippen molar-refractivity contribution in [2.75, 3.05) is 11.5 Å². The van der Waals surface area contributed by atoms with Gasteiger partial charge in [0.2, 0.25) is 0 Å². The zero-order valence-corrected chi connectivity index (χ0v) is 16.0. The lowest BCUT2D eigenvalue weighted by molar-refractivity contribution is 0.0947. The van der Waals surface area contributed by atoms with E-state index in [2.05, 4.69) is 10.3 Å². The molecule has 2 bridgehead atoms. The van der Waals surface area contributed by atoms with Crippen molar-refractivity contribution in [2.45, 2.75) is 37.1 Å². The molecule has 4 N–H and O–H groups in total. The highest BCUT2D eigenvalue weighted by atomic mass is 32.2. The molecule has 7 nitrogen and oxygen atoms in total. The van der Waals surface area contributed by atoms with Crippen LogP contribution in [0.5, 0.6) is 0 Å². The Morgan fingerprint density at radius 3 is 2.71 bits per heavy atom. The summed E-state index contributed by atoms with van der Waals surface area (Å²) >= 11 is 0. The minimum atomic E-state index is -3.31. The molecule has 1 aromatic carbocycles. The van der Waals surface area contributed by atoms with Crippen molar-refractivity contribution in [3.8, 4) is 0 Å². The number of anilines is 1. The fraction of sp³-hybridized carbons (Fsp3) is 0.400. The number of nitrogens with two attached hydrogens (primary N) is 1. The highest BCUT2D eigenvalue weighted by Crippen LogP contribution is 2.59. The van der Waals surface area contributed by atoms with E-state index in [0.29, 0.717) is 10.9 Å². The van der Waals surface area contributed by atoms with Crippen molar-refractivity contribution in [3.05, 3.63) is 51.2 Å². The second-order valence-corrected chi connectivity index (χ2v) is 10.3. The molecular formula is C20H21N3O4S. The van der Waals surface area contributed by atoms with Crippen molar-refractivity contribution in [3.63, 3.8) is 0 Å². The smallest absolute Gasteiger partial charge is 0.263 e. The molecule has 0 saturated heterocycles. The molecule has 1 aliphatic heterocycles. The summed E-state index contributed by atoms with van der Waals surface area (Å²) in [5.41, 5.74) is 7.63. The zero-order valence-electron chi connectivity index (χ0n) is 15.2. The molecule has 2 heterocycles. The Morgan fingerprint density at radius 1 is 1.29 bits per heavy atom. The summed E-state index contributed by atoms with van der Waals surface area (Å²) in [6, 6.07) is 5.24. The number of rotatable bonds is 3. The third kappa shape index (κ3) is 2.58. The van der Waals surface area contributed by atoms with Crippen LogP contribution in [-0.4, -0.2) is 31.1 Å². The van der Waals surface area contributed by atoms with Crippen LogP contribution in [0.3, 0.4) is 0 Å². The third-order valence-electron chi connectivity index (χ3n) is 6.53. The van der Waals surface area contributed by atoms with Gasteiger partial charge in [-0.15, -0.1) is 0 Å². The van der Waals surface area contributed by atoms with Gasteiger partial charge in [-0.25, -0.2) is 8.42 Å². The average Bonchev–Trinajstić information content (AvgIpc) is 3.28. The maximum atomic E-state index is 12.6. The molecular weight excluding hydrogens is 378 g/mol. The highest BCUT2D eigenvalue weighted by molar-refractivity contribution is 7.94. The maximum absolute atomic E-state index is 12.6. The first kappa shape index (κ1) is 17.5. The number of sulfone groups is 1. The van der Waals surface area contributed by atoms with Crippen LogP contribution in [0.2, 0.25) is 0 Å². The number of hydrogen-bond acceptors (Lipinski definition) is 5. The molecule has 3 fully saturated rings. The van der Waals surface area contributed by atoms with Gasteiger partial charge < -0.3 is 16.0 Å². The summed E-state index contributed by atoms with van der Waals surface area (Å²) in [5.74, 6) is -0.0524. The Morgan fingerprint density at radius 2 is 2.07 bits per heavy atom. The molecule has 2 aromatic rings. The predicted molar refractivity (Wildman–Crippen MR) is 107 cm³/mol. The summed E-state index contributed by atoms with van der Waals surface area (Å²) in [5, 5.41) is 4.25. The molecule has 0 radical (unpaired) electrons. The third-order valence-corrected chi connectivity index (χ3v) is 7.93. The molecule has 6 rings (SSSR count). The topological polar surface area (TPSA) is 122 Å². The molecule has 1 aromatic heterocycles. The minimum Gasteiger partial charge on any atom is -0.397 e. The molecule has 28 heavy (non-hydrogen) atoms. The molecule has 3 aliphatic carbocycles. The lowest BCUT2D eigenvalue weighted by Gasteiger charge is -2.39. The van der Waals surface area contributed by atoms with E-state index in [0.717, 1.165) is 11.3 Å². The second kappa shape index (κ2) is 5.70. The molecule has 0 spiro atoms. The lowest BCUT2D eigenvalue weighted by Crippen LogP contribution is -2.38. The SMILES string of the molecule is Nc1c(C(=O)N[C@@H]2C=CS(=O)(=O)C2)c(=O)[nH]c2cc(C34CCC(C3)C4)ccc12. The van der Waals surface area contributed by atoms with Crippen LogP contribution >= 0.6 is 0 Å². The van der Waals surface area contributed by atoms with Crippen LogP contribution in [0.1, 0.15) is 41.6 Å². The quantitative estimate of drug-likeness (QED) is 0.723. The fourth-order valence-electron chi connectivity index (χ4n) is 5.10. The van der Waals surface area contributed by atoms with Crippen LogP contribution in [0, 0.1) is 5.92 Å². The number of H-pyrrole nitrogens is 1. The van der Waals surface area contributed by atoms with Crippen LogP contribution < -0.4 is 16.6 Å². The van der Waals surface area contributed by atoms with E-state index in [1.54, 1.807) is 0 Å². The van der Waals surface area contributed by atoms with E-state index < -0.39 is 27.3 Å². The van der Waals surface area contributed by atoms with Crippen molar-refractivity contribution in [2.24, 2.45) is 5.92 Å². The van der Waals surface area contributed by atoms with Crippen molar-refractivity contribution < 1.29 is 13.2 Å². The predicted octanol–water partition coefficient (Wildman–Crippen LogP) is 1.59. The number of carbonyl (C=O) groups is 1. The lowest BCUT2D eigenvalue weighted by atomic mass is 9.65. The van der Waals surface area contributed by atoms with Crippen LogP contribution in [0.15, 0.2) is 34.5 Å². The molecule has 146 valence electrons. The van der Waals surface area contributed by atoms with Gasteiger partial charge >= 0.3 is 0 Å². The fourth-order valence-corrected chi connectivity index (χ4v) is 6.34. The number of amides is 1. The number of pyridine rings is 1. The number of aromatic amines is 1. The molecule has 0 unspecified atom stereocenters. The van der Waals surface area contributed by atoms with Gasteiger partial charge in [0.05, 0.1) is 23.0 Å². The Bertz CT molecular complexity index is 1200. The summed E-state index contributed by atoms with van der Waals surface area (Å²) in [7, 11) is -3.31.